The van der Waals surface area contributed by atoms with E-state index in [1.807, 2.05) is 4.90 Å². The summed E-state index contributed by atoms with van der Waals surface area (Å²) in [6.07, 6.45) is -7.38. The molecule has 2 atom stereocenters. The van der Waals surface area contributed by atoms with Crippen LogP contribution in [-0.4, -0.2) is 82.9 Å². The molecule has 70 heavy (non-hydrogen) atoms. The van der Waals surface area contributed by atoms with Crippen LogP contribution in [0.3, 0.4) is 0 Å². The first-order chi connectivity index (χ1) is 32.8. The third-order valence-corrected chi connectivity index (χ3v) is 18.6. The minimum Gasteiger partial charge on any atom is -0.306 e. The second kappa shape index (κ2) is 20.6. The van der Waals surface area contributed by atoms with Crippen LogP contribution >= 0.6 is 69.1 Å². The monoisotopic (exact) mass is 1130 g/mol. The molecule has 4 aromatic heterocycles. The van der Waals surface area contributed by atoms with Gasteiger partial charge in [0.05, 0.1) is 65.8 Å². The van der Waals surface area contributed by atoms with Crippen LogP contribution in [0.25, 0.3) is 32.5 Å². The van der Waals surface area contributed by atoms with Gasteiger partial charge in [-0.25, -0.2) is 9.36 Å². The van der Waals surface area contributed by atoms with Gasteiger partial charge in [-0.3, -0.25) is 9.11 Å². The highest BCUT2D eigenvalue weighted by molar-refractivity contribution is 7.88. The summed E-state index contributed by atoms with van der Waals surface area (Å²) >= 11 is 26.9. The number of alkyl halides is 6. The maximum Gasteiger partial charge on any atom is 0.397 e. The number of aryl methyl sites for hydroxylation is 2. The molecule has 0 radical (unpaired) electrons. The molecule has 0 bridgehead atoms. The van der Waals surface area contributed by atoms with Gasteiger partial charge in [0.1, 0.15) is 8.42 Å². The Morgan fingerprint density at radius 3 is 1.36 bits per heavy atom. The van der Waals surface area contributed by atoms with Gasteiger partial charge in [0, 0.05) is 21.2 Å². The Bertz CT molecular complexity index is 2960. The minimum absolute atomic E-state index is 0.100. The average Bonchev–Trinajstić information content (AvgIpc) is 3.99. The normalized spacial score (nSPS) is 15.3. The molecule has 0 aliphatic heterocycles. The van der Waals surface area contributed by atoms with E-state index in [0.29, 0.717) is 83.6 Å². The van der Waals surface area contributed by atoms with Crippen LogP contribution in [0, 0.1) is 0 Å². The number of thiophene rings is 2. The van der Waals surface area contributed by atoms with Crippen molar-refractivity contribution in [3.8, 4) is 32.5 Å². The number of unbranched alkanes of at least 4 members (excludes halogenated alkanes) is 2. The lowest BCUT2D eigenvalue weighted by Crippen LogP contribution is -2.25. The molecule has 378 valence electrons. The largest absolute Gasteiger partial charge is 0.397 e. The van der Waals surface area contributed by atoms with Crippen molar-refractivity contribution < 1.29 is 52.3 Å². The van der Waals surface area contributed by atoms with Crippen molar-refractivity contribution in [3.05, 3.63) is 102 Å². The van der Waals surface area contributed by atoms with Crippen LogP contribution in [-0.2, 0) is 45.9 Å². The quantitative estimate of drug-likeness (QED) is 0.0549. The van der Waals surface area contributed by atoms with E-state index < -0.39 is 44.4 Å². The van der Waals surface area contributed by atoms with Crippen molar-refractivity contribution in [2.24, 2.45) is 0 Å². The first-order valence-electron chi connectivity index (χ1n) is 22.0. The third-order valence-electron chi connectivity index (χ3n) is 12.6. The zero-order valence-corrected chi connectivity index (χ0v) is 43.1. The molecule has 2 unspecified atom stereocenters. The molecule has 2 N–H and O–H groups in total. The molecule has 0 amide bonds. The molecule has 0 saturated carbocycles. The molecule has 0 fully saturated rings. The fraction of sp³-hybridized carbons (Fsp3) is 0.422. The molecule has 8 rings (SSSR count). The Labute approximate surface area is 427 Å². The number of rotatable bonds is 16. The molecular formula is C45H43Cl4F6N5O6S4. The summed E-state index contributed by atoms with van der Waals surface area (Å²) < 4.78 is 161. The zero-order chi connectivity index (χ0) is 50.7. The highest BCUT2D eigenvalue weighted by atomic mass is 35.5. The highest BCUT2D eigenvalue weighted by Crippen LogP contribution is 2.50. The van der Waals surface area contributed by atoms with Gasteiger partial charge in [-0.1, -0.05) is 59.2 Å². The van der Waals surface area contributed by atoms with E-state index in [2.05, 4.69) is 10.2 Å². The van der Waals surface area contributed by atoms with Crippen molar-refractivity contribution in [2.45, 2.75) is 110 Å². The fourth-order valence-corrected chi connectivity index (χ4v) is 14.2. The number of nitrogens with zero attached hydrogens (tertiary/aromatic N) is 5. The average molecular weight is 1130 g/mol. The van der Waals surface area contributed by atoms with Gasteiger partial charge in [-0.15, -0.1) is 22.7 Å². The van der Waals surface area contributed by atoms with Crippen LogP contribution in [0.2, 0.25) is 20.1 Å². The van der Waals surface area contributed by atoms with E-state index in [9.17, 15) is 25.9 Å². The SMILES string of the molecule is CN(CCCCC(c1nn(-c2ccc(Cl)cc2Cl)c2c1CCCc1cc(S(=O)(=O)O)sc1-2)C(F)(F)F)CCCCC(c1nn(-c2ccc(Cl)cc2Cl)c2c1CCCc1cc(S(=O)(=O)O)sc1-2)C(F)(F)F. The fourth-order valence-electron chi connectivity index (χ4n) is 9.34. The molecule has 6 aromatic rings. The summed E-state index contributed by atoms with van der Waals surface area (Å²) in [6.45, 7) is 0.706. The molecule has 4 heterocycles. The summed E-state index contributed by atoms with van der Waals surface area (Å²) in [6, 6.07) is 11.5. The van der Waals surface area contributed by atoms with Crippen LogP contribution in [0.1, 0.15) is 96.8 Å². The molecule has 2 aliphatic rings. The lowest BCUT2D eigenvalue weighted by Gasteiger charge is -2.22. The number of aromatic nitrogens is 4. The van der Waals surface area contributed by atoms with Crippen molar-refractivity contribution in [2.75, 3.05) is 20.1 Å². The minimum atomic E-state index is -4.73. The Balaban J connectivity index is 0.974. The summed E-state index contributed by atoms with van der Waals surface area (Å²) in [5.74, 6) is -4.02. The molecular weight excluding hydrogens is 1090 g/mol. The first-order valence-corrected chi connectivity index (χ1v) is 28.0. The topological polar surface area (TPSA) is 148 Å². The van der Waals surface area contributed by atoms with Gasteiger partial charge in [0.25, 0.3) is 0 Å². The number of hydrogen-bond donors (Lipinski definition) is 2. The van der Waals surface area contributed by atoms with Crippen molar-refractivity contribution in [1.82, 2.24) is 24.5 Å². The summed E-state index contributed by atoms with van der Waals surface area (Å²) in [5, 5.41) is 9.85. The van der Waals surface area contributed by atoms with Gasteiger partial charge < -0.3 is 4.90 Å². The predicted molar refractivity (Wildman–Crippen MR) is 260 cm³/mol. The Hall–Kier alpha value is -3.22. The number of fused-ring (bicyclic) bond motifs is 6. The Kier molecular flexibility index (Phi) is 15.6. The van der Waals surface area contributed by atoms with E-state index >= 15 is 26.3 Å². The molecule has 0 spiro atoms. The first kappa shape index (κ1) is 53.1. The van der Waals surface area contributed by atoms with Crippen molar-refractivity contribution >= 4 is 89.3 Å². The van der Waals surface area contributed by atoms with E-state index in [0.717, 1.165) is 22.7 Å². The zero-order valence-electron chi connectivity index (χ0n) is 36.8. The van der Waals surface area contributed by atoms with Crippen LogP contribution in [0.5, 0.6) is 0 Å². The second-order valence-electron chi connectivity index (χ2n) is 17.4. The van der Waals surface area contributed by atoms with Gasteiger partial charge in [-0.2, -0.15) is 53.4 Å². The summed E-state index contributed by atoms with van der Waals surface area (Å²) in [4.78, 5) is 2.57. The van der Waals surface area contributed by atoms with Crippen LogP contribution in [0.4, 0.5) is 26.3 Å². The van der Waals surface area contributed by atoms with Crippen molar-refractivity contribution in [3.63, 3.8) is 0 Å². The van der Waals surface area contributed by atoms with E-state index in [4.69, 9.17) is 46.4 Å². The van der Waals surface area contributed by atoms with Crippen LogP contribution in [0.15, 0.2) is 56.9 Å². The predicted octanol–water partition coefficient (Wildman–Crippen LogP) is 13.9. The van der Waals surface area contributed by atoms with Gasteiger partial charge >= 0.3 is 32.6 Å². The molecule has 0 saturated heterocycles. The standard InChI is InChI=1S/C45H43Cl4F6N5O6S4/c1-58(18-4-2-12-30(44(50,51)52)38-28-10-6-8-24-20-36(69(61,62)63)67-42(24)40(28)59(56-38)34-16-14-26(46)22-32(34)48)19-5-3-13-31(45(53,54)55)39-29-11-7-9-25-21-37(70(64,65)66)68-43(25)41(29)60(57-39)35-17-15-27(47)23-33(35)49/h14-17,20-23,30-31H,2-13,18-19H2,1H3,(H,61,62,63)(H,64,65,66). The maximum atomic E-state index is 15.1. The summed E-state index contributed by atoms with van der Waals surface area (Å²) in [7, 11) is -7.51. The number of benzene rings is 2. The number of halogens is 10. The molecule has 2 aliphatic carbocycles. The lowest BCUT2D eigenvalue weighted by atomic mass is 9.92. The lowest BCUT2D eigenvalue weighted by molar-refractivity contribution is -0.154. The van der Waals surface area contributed by atoms with Gasteiger partial charge in [0.2, 0.25) is 0 Å². The number of hydrogen-bond acceptors (Lipinski definition) is 9. The van der Waals surface area contributed by atoms with Gasteiger partial charge in [0.15, 0.2) is 0 Å². The molecule has 2 aromatic carbocycles. The maximum absolute atomic E-state index is 15.1. The Morgan fingerprint density at radius 2 is 1.01 bits per heavy atom. The van der Waals surface area contributed by atoms with E-state index in [1.165, 1.54) is 57.9 Å². The van der Waals surface area contributed by atoms with Gasteiger partial charge in [-0.05, 0) is 144 Å². The van der Waals surface area contributed by atoms with Crippen LogP contribution < -0.4 is 0 Å². The molecule has 25 heteroatoms. The van der Waals surface area contributed by atoms with Crippen molar-refractivity contribution in [1.29, 1.82) is 0 Å². The smallest absolute Gasteiger partial charge is 0.306 e. The van der Waals surface area contributed by atoms with E-state index in [1.54, 1.807) is 7.05 Å². The Morgan fingerprint density at radius 1 is 0.629 bits per heavy atom. The highest BCUT2D eigenvalue weighted by Gasteiger charge is 2.46. The second-order valence-corrected chi connectivity index (χ2v) is 24.5. The third kappa shape index (κ3) is 11.3. The summed E-state index contributed by atoms with van der Waals surface area (Å²) in [5.41, 5.74) is 2.21. The van der Waals surface area contributed by atoms with E-state index in [-0.39, 0.29) is 101 Å². The molecule has 11 nitrogen and oxygen atoms in total.